The fourth-order valence-corrected chi connectivity index (χ4v) is 2.56. The molecule has 3 rings (SSSR count). The van der Waals surface area contributed by atoms with E-state index in [1.54, 1.807) is 42.5 Å². The summed E-state index contributed by atoms with van der Waals surface area (Å²) in [5.41, 5.74) is -0.750. The fraction of sp³-hybridized carbons (Fsp3) is 0.176. The molecule has 0 radical (unpaired) electrons. The van der Waals surface area contributed by atoms with Crippen molar-refractivity contribution in [3.8, 4) is 5.75 Å². The van der Waals surface area contributed by atoms with Crippen LogP contribution in [0.2, 0.25) is 0 Å². The molecule has 1 amide bonds. The van der Waals surface area contributed by atoms with Crippen LogP contribution in [0.15, 0.2) is 48.5 Å². The molecule has 0 spiro atoms. The Balaban J connectivity index is 2.00. The van der Waals surface area contributed by atoms with E-state index in [1.807, 2.05) is 6.07 Å². The van der Waals surface area contributed by atoms with E-state index >= 15 is 0 Å². The smallest absolute Gasteiger partial charge is 0.264 e. The Morgan fingerprint density at radius 3 is 2.55 bits per heavy atom. The van der Waals surface area contributed by atoms with Gasteiger partial charge >= 0.3 is 0 Å². The molecule has 2 aromatic rings. The van der Waals surface area contributed by atoms with Crippen molar-refractivity contribution in [2.45, 2.75) is 12.0 Å². The summed E-state index contributed by atoms with van der Waals surface area (Å²) in [5, 5.41) is 13.2. The van der Waals surface area contributed by atoms with Gasteiger partial charge < -0.3 is 15.2 Å². The van der Waals surface area contributed by atoms with Crippen LogP contribution in [-0.4, -0.2) is 29.5 Å². The average molecular weight is 297 g/mol. The van der Waals surface area contributed by atoms with Crippen molar-refractivity contribution in [2.24, 2.45) is 0 Å². The molecule has 0 bridgehead atoms. The van der Waals surface area contributed by atoms with Gasteiger partial charge in [0.05, 0.1) is 12.8 Å². The topological polar surface area (TPSA) is 75.6 Å². The summed E-state index contributed by atoms with van der Waals surface area (Å²) < 4.78 is 5.07. The maximum absolute atomic E-state index is 12.6. The number of benzene rings is 2. The lowest BCUT2D eigenvalue weighted by molar-refractivity contribution is -0.130. The van der Waals surface area contributed by atoms with Gasteiger partial charge in [-0.3, -0.25) is 9.59 Å². The quantitative estimate of drug-likeness (QED) is 0.847. The molecule has 0 aliphatic carbocycles. The van der Waals surface area contributed by atoms with E-state index in [4.69, 9.17) is 4.74 Å². The highest BCUT2D eigenvalue weighted by Crippen LogP contribution is 2.32. The highest BCUT2D eigenvalue weighted by atomic mass is 16.5. The number of anilines is 1. The lowest BCUT2D eigenvalue weighted by atomic mass is 9.82. The number of ether oxygens (including phenoxy) is 1. The zero-order valence-electron chi connectivity index (χ0n) is 12.0. The Labute approximate surface area is 127 Å². The van der Waals surface area contributed by atoms with Crippen molar-refractivity contribution in [1.29, 1.82) is 0 Å². The Kier molecular flexibility index (Phi) is 3.42. The summed E-state index contributed by atoms with van der Waals surface area (Å²) in [4.78, 5) is 24.9. The maximum Gasteiger partial charge on any atom is 0.264 e. The number of amides is 1. The molecule has 5 heteroatoms. The van der Waals surface area contributed by atoms with Gasteiger partial charge in [-0.25, -0.2) is 0 Å². The minimum absolute atomic E-state index is 0.0655. The van der Waals surface area contributed by atoms with E-state index in [2.05, 4.69) is 5.32 Å². The van der Waals surface area contributed by atoms with Crippen molar-refractivity contribution in [2.75, 3.05) is 12.4 Å². The van der Waals surface area contributed by atoms with Gasteiger partial charge in [-0.05, 0) is 17.7 Å². The molecule has 22 heavy (non-hydrogen) atoms. The molecule has 1 atom stereocenters. The van der Waals surface area contributed by atoms with E-state index in [0.29, 0.717) is 17.0 Å². The van der Waals surface area contributed by atoms with Crippen LogP contribution in [0.3, 0.4) is 0 Å². The van der Waals surface area contributed by atoms with E-state index in [-0.39, 0.29) is 12.0 Å². The average Bonchev–Trinajstić information content (AvgIpc) is 2.53. The van der Waals surface area contributed by atoms with Gasteiger partial charge in [0, 0.05) is 18.1 Å². The molecule has 1 aliphatic rings. The first-order valence-electron chi connectivity index (χ1n) is 6.85. The number of Topliss-reactive ketones (excluding diaryl/α,β-unsaturated/α-hetero) is 1. The van der Waals surface area contributed by atoms with Crippen LogP contribution < -0.4 is 10.1 Å². The third-order valence-electron chi connectivity index (χ3n) is 3.77. The molecule has 0 fully saturated rings. The summed E-state index contributed by atoms with van der Waals surface area (Å²) in [6, 6.07) is 13.7. The minimum atomic E-state index is -2.09. The molecule has 0 unspecified atom stereocenters. The maximum atomic E-state index is 12.6. The molecule has 0 saturated heterocycles. The van der Waals surface area contributed by atoms with Crippen LogP contribution in [0.4, 0.5) is 5.69 Å². The van der Waals surface area contributed by atoms with Crippen LogP contribution >= 0.6 is 0 Å². The van der Waals surface area contributed by atoms with Gasteiger partial charge in [0.1, 0.15) is 5.75 Å². The van der Waals surface area contributed by atoms with Crippen LogP contribution in [0.5, 0.6) is 5.75 Å². The number of ketones is 1. The van der Waals surface area contributed by atoms with E-state index in [9.17, 15) is 14.7 Å². The van der Waals surface area contributed by atoms with Gasteiger partial charge in [0.2, 0.25) is 11.4 Å². The largest absolute Gasteiger partial charge is 0.497 e. The normalized spacial score (nSPS) is 20.3. The molecular formula is C17H15NO4. The summed E-state index contributed by atoms with van der Waals surface area (Å²) >= 11 is 0. The zero-order valence-corrected chi connectivity index (χ0v) is 12.0. The third-order valence-corrected chi connectivity index (χ3v) is 3.77. The molecule has 0 aromatic heterocycles. The number of carbonyl (C=O) groups is 2. The van der Waals surface area contributed by atoms with Gasteiger partial charge in [0.15, 0.2) is 0 Å². The molecule has 2 aromatic carbocycles. The summed E-state index contributed by atoms with van der Waals surface area (Å²) in [5.74, 6) is -0.791. The predicted molar refractivity (Wildman–Crippen MR) is 81.1 cm³/mol. The zero-order chi connectivity index (χ0) is 15.7. The number of hydrogen-bond donors (Lipinski definition) is 2. The van der Waals surface area contributed by atoms with Gasteiger partial charge in [-0.15, -0.1) is 0 Å². The van der Waals surface area contributed by atoms with Crippen molar-refractivity contribution in [1.82, 2.24) is 0 Å². The standard InChI is InChI=1S/C17H15NO4/c1-22-12-7-8-13-14(9-12)18-16(20)17(21,15(13)19)10-11-5-3-2-4-6-11/h2-9,21H,10H2,1H3,(H,18,20)/t17-/m0/s1. The van der Waals surface area contributed by atoms with Gasteiger partial charge in [-0.1, -0.05) is 30.3 Å². The Bertz CT molecular complexity index is 742. The molecule has 5 nitrogen and oxygen atoms in total. The Hall–Kier alpha value is -2.66. The number of nitrogens with one attached hydrogen (secondary N) is 1. The van der Waals surface area contributed by atoms with E-state index in [0.717, 1.165) is 0 Å². The lowest BCUT2D eigenvalue weighted by Crippen LogP contribution is -2.54. The first-order valence-corrected chi connectivity index (χ1v) is 6.85. The summed E-state index contributed by atoms with van der Waals surface area (Å²) in [6.07, 6.45) is -0.0655. The number of fused-ring (bicyclic) bond motifs is 1. The number of carbonyl (C=O) groups excluding carboxylic acids is 2. The SMILES string of the molecule is COc1ccc2c(c1)NC(=O)[C@](O)(Cc1ccccc1)C2=O. The second-order valence-electron chi connectivity index (χ2n) is 5.22. The van der Waals surface area contributed by atoms with E-state index < -0.39 is 17.3 Å². The first-order chi connectivity index (χ1) is 10.5. The molecule has 2 N–H and O–H groups in total. The van der Waals surface area contributed by atoms with Crippen LogP contribution in [0, 0.1) is 0 Å². The highest BCUT2D eigenvalue weighted by molar-refractivity contribution is 6.26. The van der Waals surface area contributed by atoms with Crippen molar-refractivity contribution in [3.05, 3.63) is 59.7 Å². The molecule has 0 saturated carbocycles. The van der Waals surface area contributed by atoms with Crippen molar-refractivity contribution < 1.29 is 19.4 Å². The minimum Gasteiger partial charge on any atom is -0.497 e. The van der Waals surface area contributed by atoms with Gasteiger partial charge in [0.25, 0.3) is 5.91 Å². The second kappa shape index (κ2) is 5.27. The summed E-state index contributed by atoms with van der Waals surface area (Å²) in [6.45, 7) is 0. The predicted octanol–water partition coefficient (Wildman–Crippen LogP) is 1.80. The fourth-order valence-electron chi connectivity index (χ4n) is 2.56. The molecular weight excluding hydrogens is 282 g/mol. The third kappa shape index (κ3) is 2.25. The number of rotatable bonds is 3. The Morgan fingerprint density at radius 2 is 1.86 bits per heavy atom. The lowest BCUT2D eigenvalue weighted by Gasteiger charge is -2.31. The van der Waals surface area contributed by atoms with Crippen LogP contribution in [0.1, 0.15) is 15.9 Å². The van der Waals surface area contributed by atoms with Crippen molar-refractivity contribution >= 4 is 17.4 Å². The number of aliphatic hydroxyl groups is 1. The Morgan fingerprint density at radius 1 is 1.14 bits per heavy atom. The van der Waals surface area contributed by atoms with E-state index in [1.165, 1.54) is 7.11 Å². The van der Waals surface area contributed by atoms with Gasteiger partial charge in [-0.2, -0.15) is 0 Å². The first kappa shape index (κ1) is 14.3. The number of methoxy groups -OCH3 is 1. The summed E-state index contributed by atoms with van der Waals surface area (Å²) in [7, 11) is 1.50. The monoisotopic (exact) mass is 297 g/mol. The van der Waals surface area contributed by atoms with Crippen LogP contribution in [-0.2, 0) is 11.2 Å². The molecule has 112 valence electrons. The van der Waals surface area contributed by atoms with Crippen molar-refractivity contribution in [3.63, 3.8) is 0 Å². The number of hydrogen-bond acceptors (Lipinski definition) is 4. The molecule has 1 heterocycles. The molecule has 1 aliphatic heterocycles. The second-order valence-corrected chi connectivity index (χ2v) is 5.22. The van der Waals surface area contributed by atoms with Crippen LogP contribution in [0.25, 0.3) is 0 Å². The highest BCUT2D eigenvalue weighted by Gasteiger charge is 2.48.